The van der Waals surface area contributed by atoms with Gasteiger partial charge in [-0.3, -0.25) is 0 Å². The Morgan fingerprint density at radius 3 is 2.68 bits per heavy atom. The lowest BCUT2D eigenvalue weighted by Gasteiger charge is -2.24. The topological polar surface area (TPSA) is 84.4 Å². The van der Waals surface area contributed by atoms with Crippen LogP contribution in [0.3, 0.4) is 0 Å². The Morgan fingerprint density at radius 2 is 2.04 bits per heavy atom. The first kappa shape index (κ1) is 17.5. The van der Waals surface area contributed by atoms with Gasteiger partial charge in [0.25, 0.3) is 0 Å². The number of nitrogens with one attached hydrogen (secondary N) is 1. The Balaban J connectivity index is 1.64. The van der Waals surface area contributed by atoms with Gasteiger partial charge in [0.2, 0.25) is 0 Å². The summed E-state index contributed by atoms with van der Waals surface area (Å²) in [6.45, 7) is 0.627. The molecular formula is C17H22N4O3S. The molecule has 1 aromatic heterocycles. The van der Waals surface area contributed by atoms with E-state index in [1.54, 1.807) is 7.11 Å². The van der Waals surface area contributed by atoms with Gasteiger partial charge in [-0.2, -0.15) is 0 Å². The van der Waals surface area contributed by atoms with Crippen LogP contribution in [0, 0.1) is 0 Å². The number of nitrogens with zero attached hydrogens (tertiary/aromatic N) is 3. The molecule has 0 saturated carbocycles. The standard InChI is InChI=1S/C17H22N4O3S/c1-21(14-7-8-25(22,23)11-14)17-9-16(19-12-20-17)18-10-13-3-5-15(24-2)6-4-13/h3-6,9,12,14H,7-8,10-11H2,1-2H3,(H,18,19,20). The normalized spacial score (nSPS) is 18.7. The quantitative estimate of drug-likeness (QED) is 0.837. The van der Waals surface area contributed by atoms with Crippen LogP contribution in [0.2, 0.25) is 0 Å². The zero-order valence-electron chi connectivity index (χ0n) is 14.3. The summed E-state index contributed by atoms with van der Waals surface area (Å²) >= 11 is 0. The zero-order valence-corrected chi connectivity index (χ0v) is 15.2. The lowest BCUT2D eigenvalue weighted by molar-refractivity contribution is 0.414. The molecule has 1 aliphatic rings. The van der Waals surface area contributed by atoms with Crippen molar-refractivity contribution in [2.24, 2.45) is 0 Å². The van der Waals surface area contributed by atoms with Gasteiger partial charge in [0.1, 0.15) is 23.7 Å². The van der Waals surface area contributed by atoms with Gasteiger partial charge in [-0.25, -0.2) is 18.4 Å². The minimum atomic E-state index is -2.92. The van der Waals surface area contributed by atoms with E-state index in [4.69, 9.17) is 4.74 Å². The summed E-state index contributed by atoms with van der Waals surface area (Å²) in [4.78, 5) is 10.4. The number of hydrogen-bond donors (Lipinski definition) is 1. The number of sulfone groups is 1. The highest BCUT2D eigenvalue weighted by atomic mass is 32.2. The van der Waals surface area contributed by atoms with Crippen LogP contribution in [0.1, 0.15) is 12.0 Å². The number of ether oxygens (including phenoxy) is 1. The molecule has 2 heterocycles. The van der Waals surface area contributed by atoms with Crippen molar-refractivity contribution in [1.82, 2.24) is 9.97 Å². The van der Waals surface area contributed by atoms with E-state index in [0.29, 0.717) is 24.6 Å². The molecule has 1 atom stereocenters. The van der Waals surface area contributed by atoms with Crippen LogP contribution in [0.4, 0.5) is 11.6 Å². The molecule has 0 spiro atoms. The molecule has 0 amide bonds. The number of benzene rings is 1. The molecule has 1 aliphatic heterocycles. The lowest BCUT2D eigenvalue weighted by Crippen LogP contribution is -2.33. The van der Waals surface area contributed by atoms with Crippen molar-refractivity contribution in [3.63, 3.8) is 0 Å². The summed E-state index contributed by atoms with van der Waals surface area (Å²) in [6, 6.07) is 9.61. The molecule has 0 bridgehead atoms. The highest BCUT2D eigenvalue weighted by molar-refractivity contribution is 7.91. The highest BCUT2D eigenvalue weighted by Crippen LogP contribution is 2.22. The van der Waals surface area contributed by atoms with Crippen LogP contribution in [-0.2, 0) is 16.4 Å². The first-order chi connectivity index (χ1) is 12.0. The van der Waals surface area contributed by atoms with E-state index in [1.807, 2.05) is 42.3 Å². The molecule has 0 aliphatic carbocycles. The molecule has 1 fully saturated rings. The van der Waals surface area contributed by atoms with Crippen LogP contribution in [0.5, 0.6) is 5.75 Å². The summed E-state index contributed by atoms with van der Waals surface area (Å²) in [5.41, 5.74) is 1.11. The van der Waals surface area contributed by atoms with Gasteiger partial charge < -0.3 is 15.0 Å². The maximum atomic E-state index is 11.7. The Hall–Kier alpha value is -2.35. The van der Waals surface area contributed by atoms with Gasteiger partial charge in [0.15, 0.2) is 9.84 Å². The first-order valence-corrected chi connectivity index (χ1v) is 9.91. The van der Waals surface area contributed by atoms with Crippen molar-refractivity contribution < 1.29 is 13.2 Å². The highest BCUT2D eigenvalue weighted by Gasteiger charge is 2.31. The van der Waals surface area contributed by atoms with Crippen molar-refractivity contribution in [3.8, 4) is 5.75 Å². The Morgan fingerprint density at radius 1 is 1.28 bits per heavy atom. The fraction of sp³-hybridized carbons (Fsp3) is 0.412. The molecule has 1 N–H and O–H groups in total. The van der Waals surface area contributed by atoms with Crippen molar-refractivity contribution in [2.45, 2.75) is 19.0 Å². The number of anilines is 2. The average molecular weight is 362 g/mol. The van der Waals surface area contributed by atoms with E-state index >= 15 is 0 Å². The monoisotopic (exact) mass is 362 g/mol. The van der Waals surface area contributed by atoms with Crippen molar-refractivity contribution in [1.29, 1.82) is 0 Å². The molecule has 0 radical (unpaired) electrons. The van der Waals surface area contributed by atoms with Gasteiger partial charge in [-0.05, 0) is 24.1 Å². The number of methoxy groups -OCH3 is 1. The lowest BCUT2D eigenvalue weighted by atomic mass is 10.2. The van der Waals surface area contributed by atoms with Gasteiger partial charge in [-0.1, -0.05) is 12.1 Å². The zero-order chi connectivity index (χ0) is 17.9. The Labute approximate surface area is 148 Å². The van der Waals surface area contributed by atoms with E-state index in [9.17, 15) is 8.42 Å². The van der Waals surface area contributed by atoms with Crippen LogP contribution >= 0.6 is 0 Å². The van der Waals surface area contributed by atoms with Gasteiger partial charge >= 0.3 is 0 Å². The molecule has 134 valence electrons. The maximum absolute atomic E-state index is 11.7. The van der Waals surface area contributed by atoms with E-state index in [0.717, 1.165) is 11.3 Å². The molecule has 25 heavy (non-hydrogen) atoms. The maximum Gasteiger partial charge on any atom is 0.152 e. The minimum absolute atomic E-state index is 0.0330. The predicted molar refractivity (Wildman–Crippen MR) is 97.8 cm³/mol. The summed E-state index contributed by atoms with van der Waals surface area (Å²) in [5.74, 6) is 2.67. The predicted octanol–water partition coefficient (Wildman–Crippen LogP) is 1.72. The molecule has 1 aromatic carbocycles. The number of aromatic nitrogens is 2. The SMILES string of the molecule is COc1ccc(CNc2cc(N(C)C3CCS(=O)(=O)C3)ncn2)cc1. The molecule has 1 saturated heterocycles. The Kier molecular flexibility index (Phi) is 5.08. The fourth-order valence-corrected chi connectivity index (χ4v) is 4.61. The molecular weight excluding hydrogens is 340 g/mol. The molecule has 3 rings (SSSR count). The van der Waals surface area contributed by atoms with E-state index in [-0.39, 0.29) is 17.5 Å². The summed E-state index contributed by atoms with van der Waals surface area (Å²) in [5, 5.41) is 3.26. The summed E-state index contributed by atoms with van der Waals surface area (Å²) in [7, 11) is 0.595. The third-order valence-corrected chi connectivity index (χ3v) is 6.15. The van der Waals surface area contributed by atoms with Crippen molar-refractivity contribution >= 4 is 21.5 Å². The molecule has 1 unspecified atom stereocenters. The van der Waals surface area contributed by atoms with Crippen LogP contribution in [-0.4, -0.2) is 50.1 Å². The minimum Gasteiger partial charge on any atom is -0.497 e. The van der Waals surface area contributed by atoms with Crippen LogP contribution in [0.25, 0.3) is 0 Å². The van der Waals surface area contributed by atoms with E-state index in [1.165, 1.54) is 6.33 Å². The summed E-state index contributed by atoms with van der Waals surface area (Å²) < 4.78 is 28.5. The van der Waals surface area contributed by atoms with Crippen LogP contribution in [0.15, 0.2) is 36.7 Å². The largest absolute Gasteiger partial charge is 0.497 e. The smallest absolute Gasteiger partial charge is 0.152 e. The third kappa shape index (κ3) is 4.39. The number of hydrogen-bond acceptors (Lipinski definition) is 7. The fourth-order valence-electron chi connectivity index (χ4n) is 2.84. The van der Waals surface area contributed by atoms with E-state index < -0.39 is 9.84 Å². The Bertz CT molecular complexity index is 824. The molecule has 8 heteroatoms. The van der Waals surface area contributed by atoms with Crippen LogP contribution < -0.4 is 15.0 Å². The van der Waals surface area contributed by atoms with Crippen molar-refractivity contribution in [2.75, 3.05) is 35.9 Å². The van der Waals surface area contributed by atoms with Gasteiger partial charge in [-0.15, -0.1) is 0 Å². The second-order valence-corrected chi connectivity index (χ2v) is 8.36. The second-order valence-electron chi connectivity index (χ2n) is 6.13. The molecule has 7 nitrogen and oxygen atoms in total. The third-order valence-electron chi connectivity index (χ3n) is 4.40. The van der Waals surface area contributed by atoms with Crippen molar-refractivity contribution in [3.05, 3.63) is 42.2 Å². The van der Waals surface area contributed by atoms with Gasteiger partial charge in [0.05, 0.1) is 18.6 Å². The van der Waals surface area contributed by atoms with E-state index in [2.05, 4.69) is 15.3 Å². The average Bonchev–Trinajstić information content (AvgIpc) is 3.00. The first-order valence-electron chi connectivity index (χ1n) is 8.09. The number of rotatable bonds is 6. The van der Waals surface area contributed by atoms with Gasteiger partial charge in [0, 0.05) is 25.7 Å². The second kappa shape index (κ2) is 7.26. The summed E-state index contributed by atoms with van der Waals surface area (Å²) in [6.07, 6.45) is 2.13. The molecule has 2 aromatic rings.